The molecule has 0 aliphatic rings. The number of nitrogens with zero attached hydrogens (tertiary/aromatic N) is 5. The normalized spacial score (nSPS) is 10.4. The minimum atomic E-state index is -0.725. The zero-order valence-electron chi connectivity index (χ0n) is 23.2. The molecular weight excluding hydrogens is 588 g/mol. The number of rotatable bonds is 10. The molecule has 3 amide bonds. The first kappa shape index (κ1) is 29.3. The van der Waals surface area contributed by atoms with Crippen LogP contribution >= 0.6 is 11.3 Å². The molecule has 5 rings (SSSR count). The van der Waals surface area contributed by atoms with Crippen LogP contribution in [-0.2, 0) is 4.79 Å². The number of carbonyl (C=O) groups is 2. The predicted molar refractivity (Wildman–Crippen MR) is 167 cm³/mol. The molecule has 0 aliphatic carbocycles. The molecule has 0 spiro atoms. The van der Waals surface area contributed by atoms with Crippen LogP contribution in [0.2, 0.25) is 0 Å². The average Bonchev–Trinajstić information content (AvgIpc) is 3.46. The van der Waals surface area contributed by atoms with Crippen molar-refractivity contribution < 1.29 is 19.2 Å². The van der Waals surface area contributed by atoms with Crippen LogP contribution in [0.3, 0.4) is 0 Å². The van der Waals surface area contributed by atoms with Crippen LogP contribution in [0.5, 0.6) is 5.75 Å². The first-order valence-corrected chi connectivity index (χ1v) is 13.7. The maximum atomic E-state index is 12.7. The number of hydrogen-bond donors (Lipinski definition) is 5. The molecule has 0 saturated heterocycles. The van der Waals surface area contributed by atoms with Crippen molar-refractivity contribution in [3.63, 3.8) is 0 Å². The van der Waals surface area contributed by atoms with E-state index in [1.807, 2.05) is 17.5 Å². The summed E-state index contributed by atoms with van der Waals surface area (Å²) in [5, 5.41) is 27.3. The summed E-state index contributed by atoms with van der Waals surface area (Å²) >= 11 is 1.31. The van der Waals surface area contributed by atoms with Crippen LogP contribution in [0.4, 0.5) is 50.5 Å². The van der Waals surface area contributed by atoms with E-state index in [1.54, 1.807) is 43.5 Å². The lowest BCUT2D eigenvalue weighted by atomic mass is 10.1. The molecule has 0 bridgehead atoms. The first-order chi connectivity index (χ1) is 21.2. The highest BCUT2D eigenvalue weighted by atomic mass is 32.1. The molecule has 16 heteroatoms. The van der Waals surface area contributed by atoms with Gasteiger partial charge in [-0.25, -0.2) is 9.78 Å². The number of aromatic nitrogens is 4. The van der Waals surface area contributed by atoms with Gasteiger partial charge in [0.25, 0.3) is 5.69 Å². The quantitative estimate of drug-likeness (QED) is 0.0915. The van der Waals surface area contributed by atoms with Gasteiger partial charge in [-0.15, -0.1) is 11.3 Å². The Labute approximate surface area is 253 Å². The fraction of sp³-hybridized carbons (Fsp3) is 0.0714. The number of benzene rings is 3. The third-order valence-corrected chi connectivity index (χ3v) is 6.50. The van der Waals surface area contributed by atoms with Gasteiger partial charge in [0.2, 0.25) is 23.8 Å². The SMILES string of the molecule is COc1ccc(Nc2nc(NC(=O)Nc3cccc([N+](=O)[O-])c3)nc(Nc3nc(-c4ccc(NC(C)=O)cc4)cs3)n2)cc1. The second kappa shape index (κ2) is 13.2. The van der Waals surface area contributed by atoms with E-state index in [-0.39, 0.29) is 35.1 Å². The number of amides is 3. The molecule has 2 heterocycles. The number of hydrogen-bond acceptors (Lipinski definition) is 12. The number of carbonyl (C=O) groups excluding carboxylic acids is 2. The predicted octanol–water partition coefficient (Wildman–Crippen LogP) is 6.00. The van der Waals surface area contributed by atoms with Gasteiger partial charge in [0, 0.05) is 47.1 Å². The smallest absolute Gasteiger partial charge is 0.326 e. The fourth-order valence-corrected chi connectivity index (χ4v) is 4.51. The molecule has 44 heavy (non-hydrogen) atoms. The molecule has 5 N–H and O–H groups in total. The highest BCUT2D eigenvalue weighted by Crippen LogP contribution is 2.28. The van der Waals surface area contributed by atoms with Gasteiger partial charge in [0.15, 0.2) is 5.13 Å². The van der Waals surface area contributed by atoms with Gasteiger partial charge in [0.05, 0.1) is 17.7 Å². The second-order valence-corrected chi connectivity index (χ2v) is 9.83. The third kappa shape index (κ3) is 7.77. The van der Waals surface area contributed by atoms with E-state index in [2.05, 4.69) is 46.5 Å². The molecular formula is C28H24N10O5S. The number of urea groups is 1. The molecule has 0 atom stereocenters. The summed E-state index contributed by atoms with van der Waals surface area (Å²) in [5.41, 5.74) is 2.88. The van der Waals surface area contributed by atoms with E-state index in [0.29, 0.717) is 27.9 Å². The lowest BCUT2D eigenvalue weighted by Gasteiger charge is -2.11. The Morgan fingerprint density at radius 3 is 2.16 bits per heavy atom. The van der Waals surface area contributed by atoms with Crippen molar-refractivity contribution in [2.75, 3.05) is 33.7 Å². The Hall–Kier alpha value is -6.16. The Kier molecular flexibility index (Phi) is 8.81. The van der Waals surface area contributed by atoms with Crippen molar-refractivity contribution in [1.82, 2.24) is 19.9 Å². The number of nitrogens with one attached hydrogen (secondary N) is 5. The van der Waals surface area contributed by atoms with Crippen molar-refractivity contribution >= 4 is 69.0 Å². The standard InChI is InChI=1S/C28H24N10O5S/c1-16(39)29-18-8-6-17(7-9-18)23-15-44-28(32-23)37-26-34-24(30-19-10-12-22(43-2)13-11-19)33-25(35-26)36-27(40)31-20-4-3-5-21(14-20)38(41)42/h3-15H,1-2H3,(H,29,39)(H4,30,31,32,33,34,35,36,37,40). The number of nitro benzene ring substituents is 1. The van der Waals surface area contributed by atoms with E-state index >= 15 is 0 Å². The largest absolute Gasteiger partial charge is 0.497 e. The minimum absolute atomic E-state index is 0.0866. The fourth-order valence-electron chi connectivity index (χ4n) is 3.80. The Balaban J connectivity index is 1.36. The van der Waals surface area contributed by atoms with Crippen LogP contribution in [0, 0.1) is 10.1 Å². The van der Waals surface area contributed by atoms with Gasteiger partial charge in [-0.05, 0) is 42.5 Å². The van der Waals surface area contributed by atoms with E-state index in [9.17, 15) is 19.7 Å². The van der Waals surface area contributed by atoms with E-state index in [1.165, 1.54) is 42.5 Å². The highest BCUT2D eigenvalue weighted by molar-refractivity contribution is 7.14. The number of nitro groups is 1. The molecule has 222 valence electrons. The maximum Gasteiger partial charge on any atom is 0.326 e. The number of anilines is 7. The summed E-state index contributed by atoms with van der Waals surface area (Å²) in [6.45, 7) is 1.44. The molecule has 0 aliphatic heterocycles. The molecule has 0 unspecified atom stereocenters. The molecule has 0 fully saturated rings. The zero-order chi connectivity index (χ0) is 31.1. The van der Waals surface area contributed by atoms with Crippen LogP contribution in [-0.4, -0.2) is 43.9 Å². The van der Waals surface area contributed by atoms with Gasteiger partial charge in [0.1, 0.15) is 5.75 Å². The van der Waals surface area contributed by atoms with Crippen molar-refractivity contribution in [1.29, 1.82) is 0 Å². The lowest BCUT2D eigenvalue weighted by molar-refractivity contribution is -0.384. The zero-order valence-corrected chi connectivity index (χ0v) is 24.0. The summed E-state index contributed by atoms with van der Waals surface area (Å²) < 4.78 is 5.20. The molecule has 15 nitrogen and oxygen atoms in total. The summed E-state index contributed by atoms with van der Waals surface area (Å²) in [6, 6.07) is 19.1. The Morgan fingerprint density at radius 2 is 1.48 bits per heavy atom. The number of non-ortho nitro benzene ring substituents is 1. The van der Waals surface area contributed by atoms with Crippen molar-refractivity contribution in [3.05, 3.63) is 88.3 Å². The number of ether oxygens (including phenoxy) is 1. The van der Waals surface area contributed by atoms with Gasteiger partial charge in [-0.3, -0.25) is 25.5 Å². The maximum absolute atomic E-state index is 12.7. The summed E-state index contributed by atoms with van der Waals surface area (Å²) in [4.78, 5) is 52.2. The third-order valence-electron chi connectivity index (χ3n) is 5.75. The molecule has 3 aromatic carbocycles. The van der Waals surface area contributed by atoms with E-state index in [0.717, 1.165) is 5.56 Å². The van der Waals surface area contributed by atoms with Crippen LogP contribution in [0.25, 0.3) is 11.3 Å². The van der Waals surface area contributed by atoms with E-state index < -0.39 is 11.0 Å². The summed E-state index contributed by atoms with van der Waals surface area (Å²) in [6.07, 6.45) is 0. The number of thiazole rings is 1. The Morgan fingerprint density at radius 1 is 0.795 bits per heavy atom. The second-order valence-electron chi connectivity index (χ2n) is 8.97. The average molecular weight is 613 g/mol. The van der Waals surface area contributed by atoms with E-state index in [4.69, 9.17) is 4.74 Å². The Bertz CT molecular complexity index is 1810. The van der Waals surface area contributed by atoms with Gasteiger partial charge in [-0.1, -0.05) is 18.2 Å². The van der Waals surface area contributed by atoms with Crippen molar-refractivity contribution in [2.24, 2.45) is 0 Å². The number of methoxy groups -OCH3 is 1. The molecule has 2 aromatic heterocycles. The summed E-state index contributed by atoms with van der Waals surface area (Å²) in [7, 11) is 1.56. The summed E-state index contributed by atoms with van der Waals surface area (Å²) in [5.74, 6) is 0.600. The minimum Gasteiger partial charge on any atom is -0.497 e. The first-order valence-electron chi connectivity index (χ1n) is 12.8. The molecule has 0 saturated carbocycles. The van der Waals surface area contributed by atoms with Gasteiger partial charge >= 0.3 is 6.03 Å². The molecule has 0 radical (unpaired) electrons. The topological polar surface area (TPSA) is 198 Å². The van der Waals surface area contributed by atoms with Crippen molar-refractivity contribution in [2.45, 2.75) is 6.92 Å². The monoisotopic (exact) mass is 612 g/mol. The van der Waals surface area contributed by atoms with Crippen LogP contribution in [0.1, 0.15) is 6.92 Å². The van der Waals surface area contributed by atoms with Crippen molar-refractivity contribution in [3.8, 4) is 17.0 Å². The highest BCUT2D eigenvalue weighted by Gasteiger charge is 2.14. The van der Waals surface area contributed by atoms with Gasteiger partial charge in [-0.2, -0.15) is 15.0 Å². The van der Waals surface area contributed by atoms with Crippen LogP contribution in [0.15, 0.2) is 78.2 Å². The van der Waals surface area contributed by atoms with Gasteiger partial charge < -0.3 is 20.7 Å². The van der Waals surface area contributed by atoms with Crippen LogP contribution < -0.4 is 31.3 Å². The lowest BCUT2D eigenvalue weighted by Crippen LogP contribution is -2.21. The molecule has 5 aromatic rings.